The van der Waals surface area contributed by atoms with E-state index in [1.165, 1.54) is 0 Å². The maximum Gasteiger partial charge on any atom is 0.203 e. The van der Waals surface area contributed by atoms with E-state index in [9.17, 15) is 5.11 Å². The first kappa shape index (κ1) is 17.0. The zero-order chi connectivity index (χ0) is 18.0. The lowest BCUT2D eigenvalue weighted by atomic mass is 10.0. The fourth-order valence-electron chi connectivity index (χ4n) is 2.89. The molecule has 0 saturated carbocycles. The van der Waals surface area contributed by atoms with Crippen LogP contribution in [0.1, 0.15) is 22.7 Å². The number of methoxy groups -OCH3 is 3. The number of hydrazine groups is 1. The van der Waals surface area contributed by atoms with E-state index in [1.54, 1.807) is 27.4 Å². The van der Waals surface area contributed by atoms with E-state index in [0.717, 1.165) is 22.4 Å². The van der Waals surface area contributed by atoms with Crippen molar-refractivity contribution in [3.63, 3.8) is 0 Å². The third-order valence-electron chi connectivity index (χ3n) is 4.18. The first-order chi connectivity index (χ1) is 12.1. The number of nitrogens with one attached hydrogen (secondary N) is 2. The molecule has 0 fully saturated rings. The predicted octanol–water partition coefficient (Wildman–Crippen LogP) is 2.92. The van der Waals surface area contributed by atoms with Crippen molar-refractivity contribution < 1.29 is 19.3 Å². The number of ether oxygens (including phenoxy) is 3. The lowest BCUT2D eigenvalue weighted by molar-refractivity contribution is 0.323. The molecule has 0 spiro atoms. The first-order valence-electron chi connectivity index (χ1n) is 7.90. The molecule has 25 heavy (non-hydrogen) atoms. The van der Waals surface area contributed by atoms with Crippen molar-refractivity contribution in [1.82, 2.24) is 10.9 Å². The van der Waals surface area contributed by atoms with E-state index in [-0.39, 0.29) is 11.8 Å². The summed E-state index contributed by atoms with van der Waals surface area (Å²) < 4.78 is 16.2. The van der Waals surface area contributed by atoms with Crippen LogP contribution in [-0.4, -0.2) is 26.4 Å². The Balaban J connectivity index is 1.98. The van der Waals surface area contributed by atoms with Gasteiger partial charge >= 0.3 is 0 Å². The van der Waals surface area contributed by atoms with Gasteiger partial charge in [0.25, 0.3) is 0 Å². The maximum absolute atomic E-state index is 10.1. The van der Waals surface area contributed by atoms with E-state index in [1.807, 2.05) is 37.3 Å². The third-order valence-corrected chi connectivity index (χ3v) is 4.18. The Kier molecular flexibility index (Phi) is 4.72. The summed E-state index contributed by atoms with van der Waals surface area (Å²) >= 11 is 0. The van der Waals surface area contributed by atoms with Crippen molar-refractivity contribution >= 4 is 5.70 Å². The van der Waals surface area contributed by atoms with Gasteiger partial charge in [-0.25, -0.2) is 5.43 Å². The molecule has 0 radical (unpaired) electrons. The molecular weight excluding hydrogens is 320 g/mol. The Bertz CT molecular complexity index is 792. The highest BCUT2D eigenvalue weighted by atomic mass is 16.5. The molecule has 0 aromatic heterocycles. The molecular formula is C19H22N2O4. The van der Waals surface area contributed by atoms with Crippen molar-refractivity contribution in [2.75, 3.05) is 21.3 Å². The molecule has 3 N–H and O–H groups in total. The summed E-state index contributed by atoms with van der Waals surface area (Å²) in [7, 11) is 4.76. The minimum absolute atomic E-state index is 0.108. The summed E-state index contributed by atoms with van der Waals surface area (Å²) in [6.07, 6.45) is 2.01. The quantitative estimate of drug-likeness (QED) is 0.776. The number of hydrogen-bond acceptors (Lipinski definition) is 6. The van der Waals surface area contributed by atoms with Crippen LogP contribution in [0.3, 0.4) is 0 Å². The van der Waals surface area contributed by atoms with Gasteiger partial charge in [0.05, 0.1) is 33.1 Å². The van der Waals surface area contributed by atoms with E-state index in [0.29, 0.717) is 17.2 Å². The number of aryl methyl sites for hydroxylation is 1. The molecule has 6 nitrogen and oxygen atoms in total. The summed E-state index contributed by atoms with van der Waals surface area (Å²) in [6.45, 7) is 1.99. The first-order valence-corrected chi connectivity index (χ1v) is 7.90. The van der Waals surface area contributed by atoms with Gasteiger partial charge < -0.3 is 24.7 Å². The van der Waals surface area contributed by atoms with Gasteiger partial charge in [-0.3, -0.25) is 0 Å². The molecule has 1 aliphatic rings. The van der Waals surface area contributed by atoms with E-state index < -0.39 is 0 Å². The highest BCUT2D eigenvalue weighted by Gasteiger charge is 2.23. The van der Waals surface area contributed by atoms with Crippen LogP contribution in [0.5, 0.6) is 23.0 Å². The second kappa shape index (κ2) is 6.94. The molecule has 1 aliphatic heterocycles. The normalized spacial score (nSPS) is 16.2. The summed E-state index contributed by atoms with van der Waals surface area (Å²) in [5, 5.41) is 10.1. The summed E-state index contributed by atoms with van der Waals surface area (Å²) in [6, 6.07) is 9.20. The number of phenols is 1. The van der Waals surface area contributed by atoms with Crippen LogP contribution in [0.4, 0.5) is 0 Å². The monoisotopic (exact) mass is 342 g/mol. The number of benzene rings is 2. The van der Waals surface area contributed by atoms with E-state index in [2.05, 4.69) is 10.9 Å². The molecule has 2 aromatic carbocycles. The van der Waals surface area contributed by atoms with Gasteiger partial charge in [-0.15, -0.1) is 0 Å². The minimum atomic E-state index is -0.108. The second-order valence-corrected chi connectivity index (χ2v) is 5.81. The summed E-state index contributed by atoms with van der Waals surface area (Å²) in [4.78, 5) is 0. The molecule has 0 amide bonds. The van der Waals surface area contributed by atoms with Gasteiger partial charge in [0.2, 0.25) is 5.75 Å². The van der Waals surface area contributed by atoms with Crippen molar-refractivity contribution in [2.45, 2.75) is 13.0 Å². The SMILES string of the molecule is COc1cc(C2C=C(c3cc(C)ccc3O)NN2)cc(OC)c1OC. The van der Waals surface area contributed by atoms with Crippen LogP contribution in [0.15, 0.2) is 36.4 Å². The average molecular weight is 342 g/mol. The molecule has 1 unspecified atom stereocenters. The highest BCUT2D eigenvalue weighted by Crippen LogP contribution is 2.41. The molecule has 2 aromatic rings. The third kappa shape index (κ3) is 3.21. The Morgan fingerprint density at radius 2 is 1.64 bits per heavy atom. The van der Waals surface area contributed by atoms with E-state index >= 15 is 0 Å². The fraction of sp³-hybridized carbons (Fsp3) is 0.263. The van der Waals surface area contributed by atoms with Gasteiger partial charge in [0, 0.05) is 5.56 Å². The molecule has 1 heterocycles. The van der Waals surface area contributed by atoms with Crippen LogP contribution in [-0.2, 0) is 0 Å². The predicted molar refractivity (Wildman–Crippen MR) is 95.9 cm³/mol. The van der Waals surface area contributed by atoms with Gasteiger partial charge in [0.15, 0.2) is 11.5 Å². The molecule has 132 valence electrons. The largest absolute Gasteiger partial charge is 0.507 e. The van der Waals surface area contributed by atoms with Crippen LogP contribution in [0.2, 0.25) is 0 Å². The standard InChI is InChI=1S/C19H22N2O4/c1-11-5-6-16(22)13(7-11)15-10-14(20-21-15)12-8-17(23-2)19(25-4)18(9-12)24-3/h5-10,14,20-22H,1-4H3. The minimum Gasteiger partial charge on any atom is -0.507 e. The van der Waals surface area contributed by atoms with Gasteiger partial charge in [0.1, 0.15) is 5.75 Å². The van der Waals surface area contributed by atoms with Crippen LogP contribution in [0, 0.1) is 6.92 Å². The Labute approximate surface area is 147 Å². The molecule has 0 aliphatic carbocycles. The summed E-state index contributed by atoms with van der Waals surface area (Å²) in [5.41, 5.74) is 9.93. The number of aromatic hydroxyl groups is 1. The molecule has 1 atom stereocenters. The van der Waals surface area contributed by atoms with Crippen LogP contribution >= 0.6 is 0 Å². The zero-order valence-electron chi connectivity index (χ0n) is 14.7. The Morgan fingerprint density at radius 3 is 2.24 bits per heavy atom. The van der Waals surface area contributed by atoms with Crippen LogP contribution < -0.4 is 25.1 Å². The lowest BCUT2D eigenvalue weighted by Gasteiger charge is -2.16. The molecule has 3 rings (SSSR count). The van der Waals surface area contributed by atoms with Crippen molar-refractivity contribution in [2.24, 2.45) is 0 Å². The summed E-state index contributed by atoms with van der Waals surface area (Å²) in [5.74, 6) is 1.98. The molecule has 0 bridgehead atoms. The van der Waals surface area contributed by atoms with Gasteiger partial charge in [-0.05, 0) is 42.8 Å². The smallest absolute Gasteiger partial charge is 0.203 e. The Morgan fingerprint density at radius 1 is 0.960 bits per heavy atom. The molecule has 0 saturated heterocycles. The Hall–Kier alpha value is -2.86. The van der Waals surface area contributed by atoms with Gasteiger partial charge in [-0.2, -0.15) is 0 Å². The van der Waals surface area contributed by atoms with Crippen LogP contribution in [0.25, 0.3) is 5.70 Å². The molecule has 6 heteroatoms. The average Bonchev–Trinajstić information content (AvgIpc) is 3.12. The van der Waals surface area contributed by atoms with Crippen molar-refractivity contribution in [3.05, 3.63) is 53.1 Å². The van der Waals surface area contributed by atoms with Crippen molar-refractivity contribution in [3.8, 4) is 23.0 Å². The zero-order valence-corrected chi connectivity index (χ0v) is 14.7. The topological polar surface area (TPSA) is 72.0 Å². The lowest BCUT2D eigenvalue weighted by Crippen LogP contribution is -2.26. The van der Waals surface area contributed by atoms with Crippen molar-refractivity contribution in [1.29, 1.82) is 0 Å². The number of phenolic OH excluding ortho intramolecular Hbond substituents is 1. The van der Waals surface area contributed by atoms with Gasteiger partial charge in [-0.1, -0.05) is 11.6 Å². The maximum atomic E-state index is 10.1. The van der Waals surface area contributed by atoms with E-state index in [4.69, 9.17) is 14.2 Å². The highest BCUT2D eigenvalue weighted by molar-refractivity contribution is 5.71. The second-order valence-electron chi connectivity index (χ2n) is 5.81. The fourth-order valence-corrected chi connectivity index (χ4v) is 2.89. The number of hydrogen-bond donors (Lipinski definition) is 3. The number of rotatable bonds is 5.